The third-order valence-corrected chi connectivity index (χ3v) is 1.08. The number of rotatable bonds is 3. The van der Waals surface area contributed by atoms with E-state index in [0.717, 1.165) is 5.75 Å². The van der Waals surface area contributed by atoms with Gasteiger partial charge in [0.05, 0.1) is 0 Å². The van der Waals surface area contributed by atoms with Gasteiger partial charge in [-0.2, -0.15) is 12.6 Å². The first-order valence-corrected chi connectivity index (χ1v) is 6.20. The molecule has 0 aromatic rings. The van der Waals surface area contributed by atoms with Gasteiger partial charge < -0.3 is 0 Å². The van der Waals surface area contributed by atoms with E-state index in [4.69, 9.17) is 0 Å². The minimum atomic E-state index is -10.7. The second-order valence-corrected chi connectivity index (χ2v) is 4.75. The molecule has 0 aliphatic rings. The molecule has 0 saturated carbocycles. The molecule has 0 heterocycles. The van der Waals surface area contributed by atoms with Crippen LogP contribution in [0.3, 0.4) is 0 Å². The number of hydrogen-bond donors (Lipinski definition) is 1. The average Bonchev–Trinajstić information content (AvgIpc) is 1.76. The first kappa shape index (κ1) is 15.8. The van der Waals surface area contributed by atoms with E-state index in [1.54, 1.807) is 0 Å². The van der Waals surface area contributed by atoms with Crippen molar-refractivity contribution in [3.63, 3.8) is 0 Å². The van der Waals surface area contributed by atoms with Crippen LogP contribution in [-0.2, 0) is 0 Å². The molecule has 0 aliphatic carbocycles. The van der Waals surface area contributed by atoms with Crippen LogP contribution in [0.5, 0.6) is 0 Å². The van der Waals surface area contributed by atoms with Gasteiger partial charge >= 0.3 is 34.4 Å². The van der Waals surface area contributed by atoms with Crippen molar-refractivity contribution < 1.29 is 26.6 Å². The fraction of sp³-hybridized carbons (Fsp3) is 1.00. The summed E-state index contributed by atoms with van der Waals surface area (Å²) in [5, 5.41) is 0. The number of thiol groups is 1. The molecule has 0 radical (unpaired) electrons. The Kier molecular flexibility index (Phi) is 5.18. The van der Waals surface area contributed by atoms with Crippen LogP contribution < -0.4 is 0 Å². The second kappa shape index (κ2) is 4.26. The Bertz CT molecular complexity index is 125. The van der Waals surface area contributed by atoms with E-state index < -0.39 is 7.81 Å². The Hall–Kier alpha value is 0.360. The minimum absolute atomic E-state index is 0. The van der Waals surface area contributed by atoms with E-state index in [1.165, 1.54) is 19.3 Å². The van der Waals surface area contributed by atoms with Gasteiger partial charge in [0.15, 0.2) is 0 Å². The molecule has 0 saturated heterocycles. The summed E-state index contributed by atoms with van der Waals surface area (Å²) in [6.07, 6.45) is 3.92. The largest absolute Gasteiger partial charge is 1.00 e. The molecule has 13 heavy (non-hydrogen) atoms. The fourth-order valence-corrected chi connectivity index (χ4v) is 0.585. The van der Waals surface area contributed by atoms with Gasteiger partial charge in [0.1, 0.15) is 0 Å². The van der Waals surface area contributed by atoms with Gasteiger partial charge in [-0.1, -0.05) is 19.8 Å². The third-order valence-electron chi connectivity index (χ3n) is 0.762. The molecule has 0 atom stereocenters. The normalized spacial score (nSPS) is 16.6. The van der Waals surface area contributed by atoms with E-state index in [1.807, 2.05) is 0 Å². The summed E-state index contributed by atoms with van der Waals surface area (Å²) in [6.45, 7) is 2.20. The summed E-state index contributed by atoms with van der Waals surface area (Å²) in [7, 11) is -10.7. The molecule has 0 aromatic heterocycles. The zero-order valence-corrected chi connectivity index (χ0v) is 8.78. The van der Waals surface area contributed by atoms with Crippen LogP contribution in [0, 0.1) is 0 Å². The van der Waals surface area contributed by atoms with Gasteiger partial charge in [0.2, 0.25) is 0 Å². The van der Waals surface area contributed by atoms with Crippen molar-refractivity contribution in [1.82, 2.24) is 0 Å². The summed E-state index contributed by atoms with van der Waals surface area (Å²) in [5.41, 5.74) is 0. The second-order valence-electron chi connectivity index (χ2n) is 2.39. The van der Waals surface area contributed by atoms with E-state index in [9.17, 15) is 25.2 Å². The van der Waals surface area contributed by atoms with Crippen molar-refractivity contribution >= 4 is 20.4 Å². The Morgan fingerprint density at radius 3 is 1.38 bits per heavy atom. The molecule has 0 aromatic carbocycles. The standard InChI is InChI=1S/C5H12S.F6P/c1-2-3-4-5-6;1-7(2,3,4,5)6/h6H,2-5H2,1H3;/q;-1/p+1. The summed E-state index contributed by atoms with van der Waals surface area (Å²) < 4.78 is 59.2. The van der Waals surface area contributed by atoms with Crippen LogP contribution in [0.4, 0.5) is 25.2 Å². The van der Waals surface area contributed by atoms with Crippen LogP contribution in [0.25, 0.3) is 0 Å². The predicted octanol–water partition coefficient (Wildman–Crippen LogP) is 5.60. The van der Waals surface area contributed by atoms with E-state index in [-0.39, 0.29) is 1.43 Å². The smallest absolute Gasteiger partial charge is 1.00 e. The third kappa shape index (κ3) is 118. The molecule has 0 nitrogen and oxygen atoms in total. The first-order chi connectivity index (χ1) is 5.36. The Balaban J connectivity index is -0.000000163. The average molecular weight is 250 g/mol. The maximum Gasteiger partial charge on any atom is 1.00 e. The molecule has 0 aliphatic heterocycles. The summed E-state index contributed by atoms with van der Waals surface area (Å²) >= 11 is 4.05. The molecule has 0 rings (SSSR count). The minimum Gasteiger partial charge on any atom is 1.00 e. The van der Waals surface area contributed by atoms with E-state index in [0.29, 0.717) is 0 Å². The van der Waals surface area contributed by atoms with Gasteiger partial charge in [0, 0.05) is 0 Å². The molecule has 8 heteroatoms. The van der Waals surface area contributed by atoms with Gasteiger partial charge in [-0.3, -0.25) is 0 Å². The van der Waals surface area contributed by atoms with Gasteiger partial charge in [-0.25, -0.2) is 0 Å². The molecule has 0 amide bonds. The maximum atomic E-state index is 9.87. The molecular weight excluding hydrogens is 237 g/mol. The predicted molar refractivity (Wildman–Crippen MR) is 48.1 cm³/mol. The van der Waals surface area contributed by atoms with Crippen molar-refractivity contribution in [1.29, 1.82) is 0 Å². The van der Waals surface area contributed by atoms with Crippen LogP contribution in [0.2, 0.25) is 0 Å². The van der Waals surface area contributed by atoms with E-state index in [2.05, 4.69) is 19.6 Å². The van der Waals surface area contributed by atoms with Crippen molar-refractivity contribution in [3.05, 3.63) is 0 Å². The molecule has 0 spiro atoms. The van der Waals surface area contributed by atoms with Crippen molar-refractivity contribution in [3.8, 4) is 0 Å². The van der Waals surface area contributed by atoms with Crippen LogP contribution >= 0.6 is 20.4 Å². The molecule has 0 fully saturated rings. The fourth-order valence-electron chi connectivity index (χ4n) is 0.362. The quantitative estimate of drug-likeness (QED) is 0.286. The Morgan fingerprint density at radius 2 is 1.31 bits per heavy atom. The zero-order valence-electron chi connectivity index (χ0n) is 7.99. The first-order valence-electron chi connectivity index (χ1n) is 3.54. The molecule has 0 N–H and O–H groups in total. The Labute approximate surface area is 79.8 Å². The van der Waals surface area contributed by atoms with Crippen molar-refractivity contribution in [2.45, 2.75) is 26.2 Å². The zero-order chi connectivity index (χ0) is 11.2. The van der Waals surface area contributed by atoms with Crippen LogP contribution in [0.1, 0.15) is 27.6 Å². The van der Waals surface area contributed by atoms with Gasteiger partial charge in [-0.15, -0.1) is 0 Å². The number of hydrogen-bond acceptors (Lipinski definition) is 1. The van der Waals surface area contributed by atoms with Crippen molar-refractivity contribution in [2.75, 3.05) is 5.75 Å². The number of unbranched alkanes of at least 4 members (excludes halogenated alkanes) is 2. The topological polar surface area (TPSA) is 0 Å². The maximum absolute atomic E-state index is 10.7. The number of halogens is 6. The SMILES string of the molecule is CCCCCS.F[P-](F)(F)(F)(F)F.[H+]. The summed E-state index contributed by atoms with van der Waals surface area (Å²) in [4.78, 5) is 0. The summed E-state index contributed by atoms with van der Waals surface area (Å²) in [6, 6.07) is 0. The molecule has 0 unspecified atom stereocenters. The molecule has 0 bridgehead atoms. The van der Waals surface area contributed by atoms with E-state index >= 15 is 0 Å². The van der Waals surface area contributed by atoms with Gasteiger partial charge in [0.25, 0.3) is 0 Å². The van der Waals surface area contributed by atoms with Crippen LogP contribution in [-0.4, -0.2) is 5.75 Å². The molecule has 86 valence electrons. The molecular formula is C5H13F6PS. The Morgan fingerprint density at radius 1 is 1.00 bits per heavy atom. The summed E-state index contributed by atoms with van der Waals surface area (Å²) in [5.74, 6) is 1.05. The van der Waals surface area contributed by atoms with Crippen LogP contribution in [0.15, 0.2) is 0 Å². The van der Waals surface area contributed by atoms with Crippen molar-refractivity contribution in [2.24, 2.45) is 0 Å². The monoisotopic (exact) mass is 250 g/mol. The van der Waals surface area contributed by atoms with Gasteiger partial charge in [-0.05, 0) is 12.2 Å².